The average molecular weight is 208 g/mol. The molecule has 0 atom stereocenters. The van der Waals surface area contributed by atoms with E-state index in [0.717, 1.165) is 18.4 Å². The Hall–Kier alpha value is -1.38. The fourth-order valence-electron chi connectivity index (χ4n) is 1.39. The Morgan fingerprint density at radius 3 is 2.47 bits per heavy atom. The summed E-state index contributed by atoms with van der Waals surface area (Å²) in [6.07, 6.45) is 1.77. The van der Waals surface area contributed by atoms with E-state index in [9.17, 15) is 4.39 Å². The van der Waals surface area contributed by atoms with Crippen LogP contribution in [0.15, 0.2) is 24.3 Å². The van der Waals surface area contributed by atoms with Crippen molar-refractivity contribution in [2.45, 2.75) is 26.3 Å². The van der Waals surface area contributed by atoms with E-state index in [4.69, 9.17) is 5.41 Å². The summed E-state index contributed by atoms with van der Waals surface area (Å²) in [5.41, 5.74) is 1.03. The summed E-state index contributed by atoms with van der Waals surface area (Å²) in [5, 5.41) is 7.74. The van der Waals surface area contributed by atoms with Crippen molar-refractivity contribution in [2.24, 2.45) is 0 Å². The second kappa shape index (κ2) is 5.49. The second-order valence-electron chi connectivity index (χ2n) is 3.68. The van der Waals surface area contributed by atoms with Crippen LogP contribution in [0.5, 0.6) is 0 Å². The number of rotatable bonds is 4. The zero-order valence-electron chi connectivity index (χ0n) is 9.26. The second-order valence-corrected chi connectivity index (χ2v) is 3.68. The molecule has 0 fully saturated rings. The van der Waals surface area contributed by atoms with Crippen molar-refractivity contribution in [3.8, 4) is 0 Å². The highest BCUT2D eigenvalue weighted by Gasteiger charge is 2.04. The van der Waals surface area contributed by atoms with Crippen LogP contribution in [0.1, 0.15) is 25.3 Å². The summed E-state index contributed by atoms with van der Waals surface area (Å²) in [4.78, 5) is 1.89. The third-order valence-electron chi connectivity index (χ3n) is 2.28. The quantitative estimate of drug-likeness (QED) is 0.597. The number of hydrogen-bond acceptors (Lipinski definition) is 1. The Bertz CT molecular complexity index is 319. The molecule has 0 heterocycles. The molecular formula is C12H17FN2. The molecule has 0 amide bonds. The van der Waals surface area contributed by atoms with E-state index in [1.54, 1.807) is 12.1 Å². The zero-order valence-corrected chi connectivity index (χ0v) is 9.26. The lowest BCUT2D eigenvalue weighted by molar-refractivity contribution is 0.483. The molecule has 82 valence electrons. The van der Waals surface area contributed by atoms with Gasteiger partial charge in [0, 0.05) is 20.0 Å². The number of benzene rings is 1. The van der Waals surface area contributed by atoms with Crippen molar-refractivity contribution in [1.82, 2.24) is 4.90 Å². The summed E-state index contributed by atoms with van der Waals surface area (Å²) in [7, 11) is 1.89. The molecule has 15 heavy (non-hydrogen) atoms. The molecule has 1 aromatic carbocycles. The Kier molecular flexibility index (Phi) is 4.28. The minimum Gasteiger partial charge on any atom is -0.359 e. The van der Waals surface area contributed by atoms with Gasteiger partial charge in [0.05, 0.1) is 5.84 Å². The van der Waals surface area contributed by atoms with Gasteiger partial charge >= 0.3 is 0 Å². The van der Waals surface area contributed by atoms with Gasteiger partial charge in [-0.2, -0.15) is 0 Å². The fourth-order valence-corrected chi connectivity index (χ4v) is 1.39. The number of halogens is 1. The highest BCUT2D eigenvalue weighted by Crippen LogP contribution is 2.07. The first-order valence-corrected chi connectivity index (χ1v) is 5.16. The highest BCUT2D eigenvalue weighted by atomic mass is 19.1. The first-order valence-electron chi connectivity index (χ1n) is 5.16. The average Bonchev–Trinajstić information content (AvgIpc) is 2.22. The maximum Gasteiger partial charge on any atom is 0.123 e. The van der Waals surface area contributed by atoms with Crippen molar-refractivity contribution in [3.05, 3.63) is 35.6 Å². The topological polar surface area (TPSA) is 27.1 Å². The van der Waals surface area contributed by atoms with Crippen LogP contribution in [0, 0.1) is 11.2 Å². The molecule has 0 spiro atoms. The maximum atomic E-state index is 12.6. The van der Waals surface area contributed by atoms with Crippen LogP contribution in [-0.2, 0) is 6.54 Å². The number of nitrogens with one attached hydrogen (secondary N) is 1. The van der Waals surface area contributed by atoms with Gasteiger partial charge in [0.25, 0.3) is 0 Å². The molecule has 0 saturated heterocycles. The molecule has 3 heteroatoms. The molecule has 1 aromatic rings. The molecule has 0 aliphatic carbocycles. The Balaban J connectivity index is 2.54. The summed E-state index contributed by atoms with van der Waals surface area (Å²) >= 11 is 0. The van der Waals surface area contributed by atoms with Crippen LogP contribution >= 0.6 is 0 Å². The molecule has 0 aromatic heterocycles. The van der Waals surface area contributed by atoms with Gasteiger partial charge in [0.1, 0.15) is 5.82 Å². The SMILES string of the molecule is CCCC(=N)N(C)Cc1ccc(F)cc1. The normalized spacial score (nSPS) is 10.1. The zero-order chi connectivity index (χ0) is 11.3. The fraction of sp³-hybridized carbons (Fsp3) is 0.417. The molecule has 0 radical (unpaired) electrons. The van der Waals surface area contributed by atoms with Gasteiger partial charge in [-0.1, -0.05) is 19.1 Å². The molecular weight excluding hydrogens is 191 g/mol. The lowest BCUT2D eigenvalue weighted by Crippen LogP contribution is -2.25. The predicted molar refractivity (Wildman–Crippen MR) is 60.5 cm³/mol. The van der Waals surface area contributed by atoms with E-state index in [1.165, 1.54) is 12.1 Å². The molecule has 0 aliphatic heterocycles. The minimum absolute atomic E-state index is 0.218. The molecule has 0 bridgehead atoms. The van der Waals surface area contributed by atoms with E-state index >= 15 is 0 Å². The van der Waals surface area contributed by atoms with Crippen LogP contribution in [-0.4, -0.2) is 17.8 Å². The molecule has 0 unspecified atom stereocenters. The third-order valence-corrected chi connectivity index (χ3v) is 2.28. The van der Waals surface area contributed by atoms with E-state index in [0.29, 0.717) is 12.4 Å². The third kappa shape index (κ3) is 3.70. The molecule has 1 N–H and O–H groups in total. The van der Waals surface area contributed by atoms with Gasteiger partial charge in [0.2, 0.25) is 0 Å². The summed E-state index contributed by atoms with van der Waals surface area (Å²) < 4.78 is 12.6. The van der Waals surface area contributed by atoms with Gasteiger partial charge in [-0.05, 0) is 24.1 Å². The van der Waals surface area contributed by atoms with Gasteiger partial charge in [-0.15, -0.1) is 0 Å². The summed E-state index contributed by atoms with van der Waals surface area (Å²) in [6.45, 7) is 2.72. The monoisotopic (exact) mass is 208 g/mol. The number of hydrogen-bond donors (Lipinski definition) is 1. The van der Waals surface area contributed by atoms with E-state index in [-0.39, 0.29) is 5.82 Å². The van der Waals surface area contributed by atoms with E-state index in [2.05, 4.69) is 6.92 Å². The molecule has 0 saturated carbocycles. The Morgan fingerprint density at radius 1 is 1.33 bits per heavy atom. The molecule has 1 rings (SSSR count). The minimum atomic E-state index is -0.218. The molecule has 0 aliphatic rings. The van der Waals surface area contributed by atoms with Crippen molar-refractivity contribution < 1.29 is 4.39 Å². The number of amidine groups is 1. The smallest absolute Gasteiger partial charge is 0.123 e. The Labute approximate surface area is 90.2 Å². The van der Waals surface area contributed by atoms with Crippen molar-refractivity contribution >= 4 is 5.84 Å². The van der Waals surface area contributed by atoms with Crippen LogP contribution < -0.4 is 0 Å². The highest BCUT2D eigenvalue weighted by molar-refractivity contribution is 5.78. The van der Waals surface area contributed by atoms with Gasteiger partial charge in [-0.3, -0.25) is 5.41 Å². The van der Waals surface area contributed by atoms with Crippen LogP contribution in [0.25, 0.3) is 0 Å². The lowest BCUT2D eigenvalue weighted by atomic mass is 10.2. The van der Waals surface area contributed by atoms with Crippen LogP contribution in [0.3, 0.4) is 0 Å². The van der Waals surface area contributed by atoms with Crippen molar-refractivity contribution in [2.75, 3.05) is 7.05 Å². The largest absolute Gasteiger partial charge is 0.359 e. The number of nitrogens with zero attached hydrogens (tertiary/aromatic N) is 1. The van der Waals surface area contributed by atoms with Crippen molar-refractivity contribution in [3.63, 3.8) is 0 Å². The van der Waals surface area contributed by atoms with Gasteiger partial charge < -0.3 is 4.90 Å². The van der Waals surface area contributed by atoms with E-state index < -0.39 is 0 Å². The van der Waals surface area contributed by atoms with Crippen LogP contribution in [0.2, 0.25) is 0 Å². The first kappa shape index (κ1) is 11.7. The standard InChI is InChI=1S/C12H17FN2/c1-3-4-12(14)15(2)9-10-5-7-11(13)8-6-10/h5-8,14H,3-4,9H2,1-2H3. The lowest BCUT2D eigenvalue weighted by Gasteiger charge is -2.19. The van der Waals surface area contributed by atoms with Gasteiger partial charge in [-0.25, -0.2) is 4.39 Å². The predicted octanol–water partition coefficient (Wildman–Crippen LogP) is 3.03. The molecule has 2 nitrogen and oxygen atoms in total. The van der Waals surface area contributed by atoms with Gasteiger partial charge in [0.15, 0.2) is 0 Å². The summed E-state index contributed by atoms with van der Waals surface area (Å²) in [6, 6.07) is 6.41. The Morgan fingerprint density at radius 2 is 1.93 bits per heavy atom. The van der Waals surface area contributed by atoms with E-state index in [1.807, 2.05) is 11.9 Å². The van der Waals surface area contributed by atoms with Crippen LogP contribution in [0.4, 0.5) is 4.39 Å². The first-order chi connectivity index (χ1) is 7.13. The summed E-state index contributed by atoms with van der Waals surface area (Å²) in [5.74, 6) is 0.409. The maximum absolute atomic E-state index is 12.6. The van der Waals surface area contributed by atoms with Crippen molar-refractivity contribution in [1.29, 1.82) is 5.41 Å².